The molecule has 2 aromatic carbocycles. The molecule has 2 rings (SSSR count). The molecule has 0 heterocycles. The van der Waals surface area contributed by atoms with Crippen LogP contribution in [0.2, 0.25) is 5.02 Å². The van der Waals surface area contributed by atoms with Crippen LogP contribution >= 0.6 is 23.2 Å². The molecule has 0 aliphatic carbocycles. The Labute approximate surface area is 131 Å². The van der Waals surface area contributed by atoms with E-state index >= 15 is 0 Å². The summed E-state index contributed by atoms with van der Waals surface area (Å²) in [6, 6.07) is 14.6. The van der Waals surface area contributed by atoms with Gasteiger partial charge in [-0.25, -0.2) is 0 Å². The smallest absolute Gasteiger partial charge is 0.0836 e. The van der Waals surface area contributed by atoms with Crippen LogP contribution in [-0.4, -0.2) is 0 Å². The van der Waals surface area contributed by atoms with Gasteiger partial charge in [0.1, 0.15) is 0 Å². The minimum Gasteiger partial charge on any atom is -0.113 e. The third-order valence-electron chi connectivity index (χ3n) is 3.45. The molecule has 0 aliphatic rings. The Morgan fingerprint density at radius 1 is 1.00 bits per heavy atom. The second-order valence-electron chi connectivity index (χ2n) is 5.27. The van der Waals surface area contributed by atoms with E-state index < -0.39 is 0 Å². The van der Waals surface area contributed by atoms with Crippen LogP contribution in [-0.2, 0) is 6.42 Å². The van der Waals surface area contributed by atoms with E-state index in [4.69, 9.17) is 23.2 Å². The molecule has 0 N–H and O–H groups in total. The fourth-order valence-corrected chi connectivity index (χ4v) is 2.91. The summed E-state index contributed by atoms with van der Waals surface area (Å²) >= 11 is 12.7. The summed E-state index contributed by atoms with van der Waals surface area (Å²) in [6.07, 6.45) is 3.60. The van der Waals surface area contributed by atoms with Crippen LogP contribution in [0, 0.1) is 6.92 Å². The van der Waals surface area contributed by atoms with Gasteiger partial charge in [0.25, 0.3) is 0 Å². The van der Waals surface area contributed by atoms with Crippen LogP contribution in [0.25, 0.3) is 0 Å². The highest BCUT2D eigenvalue weighted by atomic mass is 35.5. The SMILES string of the molecule is CCCCc1ccc(C(Cl)c2cc(C)cc(Cl)c2)cc1. The first-order chi connectivity index (χ1) is 9.60. The van der Waals surface area contributed by atoms with Gasteiger partial charge in [-0.2, -0.15) is 0 Å². The Balaban J connectivity index is 2.17. The van der Waals surface area contributed by atoms with Gasteiger partial charge in [0, 0.05) is 5.02 Å². The Bertz CT molecular complexity index is 538. The minimum absolute atomic E-state index is 0.146. The number of rotatable bonds is 5. The molecule has 0 aromatic heterocycles. The van der Waals surface area contributed by atoms with Crippen molar-refractivity contribution in [2.75, 3.05) is 0 Å². The average molecular weight is 307 g/mol. The Hall–Kier alpha value is -0.980. The van der Waals surface area contributed by atoms with Crippen LogP contribution in [0.3, 0.4) is 0 Å². The number of halogens is 2. The lowest BCUT2D eigenvalue weighted by Gasteiger charge is -2.12. The van der Waals surface area contributed by atoms with E-state index in [1.54, 1.807) is 0 Å². The first-order valence-electron chi connectivity index (χ1n) is 7.10. The van der Waals surface area contributed by atoms with Crippen molar-refractivity contribution in [2.45, 2.75) is 38.5 Å². The largest absolute Gasteiger partial charge is 0.113 e. The third-order valence-corrected chi connectivity index (χ3v) is 4.17. The molecule has 2 heteroatoms. The predicted octanol–water partition coefficient (Wildman–Crippen LogP) is 6.32. The number of benzene rings is 2. The summed E-state index contributed by atoms with van der Waals surface area (Å²) in [6.45, 7) is 4.25. The summed E-state index contributed by atoms with van der Waals surface area (Å²) in [5, 5.41) is 0.595. The van der Waals surface area contributed by atoms with Crippen LogP contribution in [0.4, 0.5) is 0 Å². The summed E-state index contributed by atoms with van der Waals surface area (Å²) in [5.74, 6) is 0. The van der Waals surface area contributed by atoms with E-state index in [9.17, 15) is 0 Å². The average Bonchev–Trinajstić information content (AvgIpc) is 2.44. The molecule has 106 valence electrons. The van der Waals surface area contributed by atoms with Gasteiger partial charge < -0.3 is 0 Å². The Morgan fingerprint density at radius 3 is 2.30 bits per heavy atom. The molecule has 0 radical (unpaired) electrons. The van der Waals surface area contributed by atoms with Crippen molar-refractivity contribution in [1.82, 2.24) is 0 Å². The molecule has 2 aromatic rings. The maximum absolute atomic E-state index is 6.57. The molecule has 1 unspecified atom stereocenters. The molecule has 0 aliphatic heterocycles. The van der Waals surface area contributed by atoms with Gasteiger partial charge in [0.15, 0.2) is 0 Å². The summed E-state index contributed by atoms with van der Waals surface area (Å²) < 4.78 is 0. The van der Waals surface area contributed by atoms with Crippen molar-refractivity contribution >= 4 is 23.2 Å². The van der Waals surface area contributed by atoms with Crippen LogP contribution < -0.4 is 0 Å². The molecular weight excluding hydrogens is 287 g/mol. The van der Waals surface area contributed by atoms with Crippen LogP contribution in [0.15, 0.2) is 42.5 Å². The molecule has 0 amide bonds. The van der Waals surface area contributed by atoms with Gasteiger partial charge in [0.05, 0.1) is 5.38 Å². The van der Waals surface area contributed by atoms with Crippen molar-refractivity contribution in [2.24, 2.45) is 0 Å². The lowest BCUT2D eigenvalue weighted by atomic mass is 10.00. The molecule has 0 bridgehead atoms. The molecule has 20 heavy (non-hydrogen) atoms. The molecule has 0 fully saturated rings. The van der Waals surface area contributed by atoms with Gasteiger partial charge >= 0.3 is 0 Å². The highest BCUT2D eigenvalue weighted by molar-refractivity contribution is 6.31. The van der Waals surface area contributed by atoms with E-state index in [1.807, 2.05) is 19.1 Å². The maximum atomic E-state index is 6.57. The van der Waals surface area contributed by atoms with Gasteiger partial charge in [-0.15, -0.1) is 11.6 Å². The minimum atomic E-state index is -0.146. The quantitative estimate of drug-likeness (QED) is 0.567. The summed E-state index contributed by atoms with van der Waals surface area (Å²) in [4.78, 5) is 0. The maximum Gasteiger partial charge on any atom is 0.0836 e. The summed E-state index contributed by atoms with van der Waals surface area (Å²) in [7, 11) is 0. The highest BCUT2D eigenvalue weighted by Crippen LogP contribution is 2.31. The second-order valence-corrected chi connectivity index (χ2v) is 6.14. The number of unbranched alkanes of at least 4 members (excludes halogenated alkanes) is 1. The molecule has 1 atom stereocenters. The van der Waals surface area contributed by atoms with Gasteiger partial charge in [-0.1, -0.05) is 55.3 Å². The zero-order valence-electron chi connectivity index (χ0n) is 12.0. The lowest BCUT2D eigenvalue weighted by Crippen LogP contribution is -1.95. The summed E-state index contributed by atoms with van der Waals surface area (Å²) in [5.41, 5.74) is 4.69. The van der Waals surface area contributed by atoms with Crippen molar-refractivity contribution in [3.8, 4) is 0 Å². The van der Waals surface area contributed by atoms with Gasteiger partial charge in [0.2, 0.25) is 0 Å². The first-order valence-corrected chi connectivity index (χ1v) is 7.91. The Kier molecular flexibility index (Phi) is 5.51. The second kappa shape index (κ2) is 7.15. The predicted molar refractivity (Wildman–Crippen MR) is 88.9 cm³/mol. The standard InChI is InChI=1S/C18H20Cl2/c1-3-4-5-14-6-8-15(9-7-14)18(20)16-10-13(2)11-17(19)12-16/h6-12,18H,3-5H2,1-2H3. The number of alkyl halides is 1. The monoisotopic (exact) mass is 306 g/mol. The number of aryl methyl sites for hydroxylation is 2. The molecule has 0 saturated carbocycles. The molecule has 0 nitrogen and oxygen atoms in total. The fourth-order valence-electron chi connectivity index (χ4n) is 2.34. The number of hydrogen-bond acceptors (Lipinski definition) is 0. The normalized spacial score (nSPS) is 12.4. The third kappa shape index (κ3) is 4.01. The van der Waals surface area contributed by atoms with E-state index in [2.05, 4.69) is 37.3 Å². The van der Waals surface area contributed by atoms with Gasteiger partial charge in [-0.3, -0.25) is 0 Å². The zero-order valence-corrected chi connectivity index (χ0v) is 13.5. The first kappa shape index (κ1) is 15.4. The zero-order chi connectivity index (χ0) is 14.5. The van der Waals surface area contributed by atoms with E-state index in [0.717, 1.165) is 28.1 Å². The van der Waals surface area contributed by atoms with Crippen LogP contribution in [0.1, 0.15) is 47.4 Å². The van der Waals surface area contributed by atoms with E-state index in [1.165, 1.54) is 18.4 Å². The molecular formula is C18H20Cl2. The fraction of sp³-hybridized carbons (Fsp3) is 0.333. The molecule has 0 saturated heterocycles. The van der Waals surface area contributed by atoms with E-state index in [0.29, 0.717) is 0 Å². The topological polar surface area (TPSA) is 0 Å². The van der Waals surface area contributed by atoms with Crippen molar-refractivity contribution < 1.29 is 0 Å². The van der Waals surface area contributed by atoms with Crippen LogP contribution in [0.5, 0.6) is 0 Å². The van der Waals surface area contributed by atoms with Crippen molar-refractivity contribution in [3.63, 3.8) is 0 Å². The van der Waals surface area contributed by atoms with E-state index in [-0.39, 0.29) is 5.38 Å². The number of hydrogen-bond donors (Lipinski definition) is 0. The Morgan fingerprint density at radius 2 is 1.70 bits per heavy atom. The lowest BCUT2D eigenvalue weighted by molar-refractivity contribution is 0.794. The molecule has 0 spiro atoms. The van der Waals surface area contributed by atoms with Crippen molar-refractivity contribution in [1.29, 1.82) is 0 Å². The highest BCUT2D eigenvalue weighted by Gasteiger charge is 2.11. The van der Waals surface area contributed by atoms with Gasteiger partial charge in [-0.05, 0) is 54.2 Å². The van der Waals surface area contributed by atoms with Crippen molar-refractivity contribution in [3.05, 3.63) is 69.7 Å².